The highest BCUT2D eigenvalue weighted by atomic mass is 16.5. The molecule has 0 bridgehead atoms. The van der Waals surface area contributed by atoms with E-state index in [2.05, 4.69) is 63.2 Å². The van der Waals surface area contributed by atoms with Gasteiger partial charge in [-0.05, 0) is 55.7 Å². The Morgan fingerprint density at radius 1 is 1.00 bits per heavy atom. The molecule has 2 aromatic carbocycles. The average Bonchev–Trinajstić information content (AvgIpc) is 2.53. The molecule has 1 aromatic heterocycles. The van der Waals surface area contributed by atoms with Gasteiger partial charge in [0.1, 0.15) is 5.75 Å². The fourth-order valence-corrected chi connectivity index (χ4v) is 2.88. The van der Waals surface area contributed by atoms with Crippen molar-refractivity contribution < 1.29 is 4.74 Å². The minimum Gasteiger partial charge on any atom is -0.496 e. The third kappa shape index (κ3) is 2.57. The summed E-state index contributed by atoms with van der Waals surface area (Å²) in [7, 11) is 1.71. The smallest absolute Gasteiger partial charge is 0.128 e. The number of benzene rings is 2. The van der Waals surface area contributed by atoms with Crippen LogP contribution in [-0.4, -0.2) is 12.1 Å². The Balaban J connectivity index is 2.20. The van der Waals surface area contributed by atoms with Crippen LogP contribution in [0.2, 0.25) is 0 Å². The molecule has 3 rings (SSSR count). The lowest BCUT2D eigenvalue weighted by molar-refractivity contribution is 0.419. The lowest BCUT2D eigenvalue weighted by Crippen LogP contribution is -1.93. The third-order valence-electron chi connectivity index (χ3n) is 4.11. The van der Waals surface area contributed by atoms with Crippen LogP contribution in [0.1, 0.15) is 23.6 Å². The molecule has 0 aliphatic rings. The van der Waals surface area contributed by atoms with Crippen molar-refractivity contribution in [1.82, 2.24) is 4.98 Å². The molecule has 112 valence electrons. The van der Waals surface area contributed by atoms with Gasteiger partial charge in [-0.2, -0.15) is 0 Å². The van der Waals surface area contributed by atoms with E-state index in [1.165, 1.54) is 22.3 Å². The van der Waals surface area contributed by atoms with Gasteiger partial charge in [-0.3, -0.25) is 0 Å². The number of aromatic nitrogens is 1. The molecule has 0 aliphatic heterocycles. The summed E-state index contributed by atoms with van der Waals surface area (Å²) in [6.07, 6.45) is 0.974. The van der Waals surface area contributed by atoms with E-state index in [4.69, 9.17) is 9.72 Å². The number of methoxy groups -OCH3 is 1. The van der Waals surface area contributed by atoms with E-state index in [1.807, 2.05) is 0 Å². The van der Waals surface area contributed by atoms with Crippen LogP contribution in [0.4, 0.5) is 0 Å². The minimum atomic E-state index is 0.897. The van der Waals surface area contributed by atoms with Gasteiger partial charge >= 0.3 is 0 Å². The van der Waals surface area contributed by atoms with Crippen molar-refractivity contribution in [2.24, 2.45) is 0 Å². The van der Waals surface area contributed by atoms with Gasteiger partial charge < -0.3 is 4.74 Å². The standard InChI is InChI=1S/C20H21NO/c1-5-15-11-19-17(20(12-15)22-4)8-9-18(21-19)16-7-6-13(2)10-14(16)3/h6-12H,5H2,1-4H3. The van der Waals surface area contributed by atoms with Gasteiger partial charge in [0.15, 0.2) is 0 Å². The molecule has 0 amide bonds. The maximum absolute atomic E-state index is 5.51. The van der Waals surface area contributed by atoms with Crippen molar-refractivity contribution in [2.45, 2.75) is 27.2 Å². The minimum absolute atomic E-state index is 0.897. The molecular formula is C20H21NO. The van der Waals surface area contributed by atoms with E-state index in [-0.39, 0.29) is 0 Å². The van der Waals surface area contributed by atoms with Gasteiger partial charge in [0.05, 0.1) is 18.3 Å². The number of rotatable bonds is 3. The second-order valence-corrected chi connectivity index (χ2v) is 5.73. The van der Waals surface area contributed by atoms with Gasteiger partial charge in [-0.15, -0.1) is 0 Å². The summed E-state index contributed by atoms with van der Waals surface area (Å²) >= 11 is 0. The SMILES string of the molecule is CCc1cc(OC)c2ccc(-c3ccc(C)cc3C)nc2c1. The van der Waals surface area contributed by atoms with E-state index < -0.39 is 0 Å². The first-order valence-corrected chi connectivity index (χ1v) is 7.67. The first-order chi connectivity index (χ1) is 10.6. The summed E-state index contributed by atoms with van der Waals surface area (Å²) < 4.78 is 5.51. The predicted octanol–water partition coefficient (Wildman–Crippen LogP) is 5.09. The van der Waals surface area contributed by atoms with Crippen LogP contribution in [-0.2, 0) is 6.42 Å². The predicted molar refractivity (Wildman–Crippen MR) is 92.6 cm³/mol. The van der Waals surface area contributed by atoms with Crippen molar-refractivity contribution in [3.63, 3.8) is 0 Å². The largest absolute Gasteiger partial charge is 0.496 e. The molecule has 0 saturated carbocycles. The molecule has 3 aromatic rings. The molecule has 0 fully saturated rings. The van der Waals surface area contributed by atoms with Crippen molar-refractivity contribution in [3.8, 4) is 17.0 Å². The Morgan fingerprint density at radius 2 is 1.82 bits per heavy atom. The highest BCUT2D eigenvalue weighted by Gasteiger charge is 2.09. The lowest BCUT2D eigenvalue weighted by Gasteiger charge is -2.11. The van der Waals surface area contributed by atoms with Gasteiger partial charge in [-0.25, -0.2) is 4.98 Å². The second-order valence-electron chi connectivity index (χ2n) is 5.73. The van der Waals surface area contributed by atoms with Crippen LogP contribution < -0.4 is 4.74 Å². The fraction of sp³-hybridized carbons (Fsp3) is 0.250. The molecule has 22 heavy (non-hydrogen) atoms. The van der Waals surface area contributed by atoms with E-state index in [0.29, 0.717) is 0 Å². The molecule has 0 atom stereocenters. The van der Waals surface area contributed by atoms with E-state index in [0.717, 1.165) is 28.8 Å². The van der Waals surface area contributed by atoms with Crippen molar-refractivity contribution >= 4 is 10.9 Å². The number of aryl methyl sites for hydroxylation is 3. The molecule has 0 aliphatic carbocycles. The Kier molecular flexibility index (Phi) is 3.84. The average molecular weight is 291 g/mol. The molecule has 0 N–H and O–H groups in total. The monoisotopic (exact) mass is 291 g/mol. The van der Waals surface area contributed by atoms with Crippen LogP contribution in [0.15, 0.2) is 42.5 Å². The van der Waals surface area contributed by atoms with Crippen LogP contribution >= 0.6 is 0 Å². The Labute approximate surface area is 131 Å². The summed E-state index contributed by atoms with van der Waals surface area (Å²) in [5.74, 6) is 0.897. The Bertz CT molecular complexity index is 836. The highest BCUT2D eigenvalue weighted by molar-refractivity contribution is 5.88. The topological polar surface area (TPSA) is 22.1 Å². The highest BCUT2D eigenvalue weighted by Crippen LogP contribution is 2.30. The normalized spacial score (nSPS) is 10.9. The maximum atomic E-state index is 5.51. The van der Waals surface area contributed by atoms with Crippen LogP contribution in [0.5, 0.6) is 5.75 Å². The van der Waals surface area contributed by atoms with Gasteiger partial charge in [-0.1, -0.05) is 30.7 Å². The number of pyridine rings is 1. The van der Waals surface area contributed by atoms with Crippen molar-refractivity contribution in [3.05, 3.63) is 59.2 Å². The molecular weight excluding hydrogens is 270 g/mol. The Hall–Kier alpha value is -2.35. The third-order valence-corrected chi connectivity index (χ3v) is 4.11. The first kappa shape index (κ1) is 14.6. The van der Waals surface area contributed by atoms with Crippen molar-refractivity contribution in [1.29, 1.82) is 0 Å². The fourth-order valence-electron chi connectivity index (χ4n) is 2.88. The first-order valence-electron chi connectivity index (χ1n) is 7.67. The Morgan fingerprint density at radius 3 is 2.50 bits per heavy atom. The quantitative estimate of drug-likeness (QED) is 0.670. The summed E-state index contributed by atoms with van der Waals surface area (Å²) in [6.45, 7) is 6.40. The number of fused-ring (bicyclic) bond motifs is 1. The zero-order valence-electron chi connectivity index (χ0n) is 13.6. The maximum Gasteiger partial charge on any atom is 0.128 e. The van der Waals surface area contributed by atoms with Gasteiger partial charge in [0, 0.05) is 10.9 Å². The van der Waals surface area contributed by atoms with E-state index in [1.54, 1.807) is 7.11 Å². The van der Waals surface area contributed by atoms with Gasteiger partial charge in [0.2, 0.25) is 0 Å². The van der Waals surface area contributed by atoms with E-state index >= 15 is 0 Å². The number of ether oxygens (including phenoxy) is 1. The van der Waals surface area contributed by atoms with Crippen LogP contribution in [0.3, 0.4) is 0 Å². The van der Waals surface area contributed by atoms with Gasteiger partial charge in [0.25, 0.3) is 0 Å². The van der Waals surface area contributed by atoms with Crippen molar-refractivity contribution in [2.75, 3.05) is 7.11 Å². The molecule has 2 heteroatoms. The number of hydrogen-bond acceptors (Lipinski definition) is 2. The van der Waals surface area contributed by atoms with Crippen LogP contribution in [0, 0.1) is 13.8 Å². The number of nitrogens with zero attached hydrogens (tertiary/aromatic N) is 1. The summed E-state index contributed by atoms with van der Waals surface area (Å²) in [5.41, 5.74) is 6.97. The molecule has 1 heterocycles. The molecule has 0 saturated heterocycles. The lowest BCUT2D eigenvalue weighted by atomic mass is 10.0. The zero-order chi connectivity index (χ0) is 15.7. The zero-order valence-corrected chi connectivity index (χ0v) is 13.6. The molecule has 2 nitrogen and oxygen atoms in total. The molecule has 0 unspecified atom stereocenters. The molecule has 0 spiro atoms. The summed E-state index contributed by atoms with van der Waals surface area (Å²) in [4.78, 5) is 4.87. The van der Waals surface area contributed by atoms with E-state index in [9.17, 15) is 0 Å². The summed E-state index contributed by atoms with van der Waals surface area (Å²) in [6, 6.07) is 14.9. The number of hydrogen-bond donors (Lipinski definition) is 0. The summed E-state index contributed by atoms with van der Waals surface area (Å²) in [5, 5.41) is 1.06. The van der Waals surface area contributed by atoms with Crippen LogP contribution in [0.25, 0.3) is 22.2 Å². The second kappa shape index (κ2) is 5.80. The molecule has 0 radical (unpaired) electrons.